The summed E-state index contributed by atoms with van der Waals surface area (Å²) in [5.41, 5.74) is 0.700. The molecule has 0 unspecified atom stereocenters. The van der Waals surface area contributed by atoms with Gasteiger partial charge in [-0.3, -0.25) is 13.8 Å². The van der Waals surface area contributed by atoms with E-state index in [1.807, 2.05) is 45.4 Å². The number of hydrogen-bond donors (Lipinski definition) is 0. The summed E-state index contributed by atoms with van der Waals surface area (Å²) in [6.07, 6.45) is 3.32. The Hall–Kier alpha value is -3.40. The molecule has 0 N–H and O–H groups in total. The van der Waals surface area contributed by atoms with Gasteiger partial charge in [-0.25, -0.2) is 0 Å². The standard InChI is InChI=1S/C18H15N7O2S/c1-23-16(26)13-6-2-3-7-14(13)25-15(20-21-17(23)25)10-28-18-22-19-11-24(18)9-12-5-4-8-27-12/h2-8,11H,9-10H2,1H3. The zero-order valence-electron chi connectivity index (χ0n) is 14.9. The smallest absolute Gasteiger partial charge is 0.262 e. The monoisotopic (exact) mass is 393 g/mol. The molecule has 0 aliphatic carbocycles. The van der Waals surface area contributed by atoms with E-state index in [2.05, 4.69) is 20.4 Å². The molecule has 0 aliphatic rings. The van der Waals surface area contributed by atoms with E-state index in [0.29, 0.717) is 23.5 Å². The molecule has 4 heterocycles. The maximum absolute atomic E-state index is 12.5. The minimum absolute atomic E-state index is 0.0899. The molecule has 0 radical (unpaired) electrons. The van der Waals surface area contributed by atoms with E-state index in [0.717, 1.165) is 22.3 Å². The summed E-state index contributed by atoms with van der Waals surface area (Å²) in [5, 5.41) is 18.1. The van der Waals surface area contributed by atoms with Crippen molar-refractivity contribution >= 4 is 28.4 Å². The first kappa shape index (κ1) is 16.8. The van der Waals surface area contributed by atoms with Crippen molar-refractivity contribution in [3.05, 3.63) is 70.9 Å². The van der Waals surface area contributed by atoms with Gasteiger partial charge >= 0.3 is 0 Å². The van der Waals surface area contributed by atoms with Crippen molar-refractivity contribution in [2.45, 2.75) is 17.5 Å². The van der Waals surface area contributed by atoms with E-state index in [9.17, 15) is 4.79 Å². The summed E-state index contributed by atoms with van der Waals surface area (Å²) in [6.45, 7) is 0.556. The number of thioether (sulfide) groups is 1. The lowest BCUT2D eigenvalue weighted by atomic mass is 10.2. The number of fused-ring (bicyclic) bond motifs is 3. The molecule has 140 valence electrons. The molecule has 0 atom stereocenters. The van der Waals surface area contributed by atoms with Gasteiger partial charge in [-0.05, 0) is 24.3 Å². The number of nitrogens with zero attached hydrogens (tertiary/aromatic N) is 7. The molecule has 1 aromatic carbocycles. The van der Waals surface area contributed by atoms with Gasteiger partial charge in [-0.15, -0.1) is 20.4 Å². The molecule has 5 aromatic rings. The molecule has 10 heteroatoms. The van der Waals surface area contributed by atoms with E-state index in [-0.39, 0.29) is 5.56 Å². The third kappa shape index (κ3) is 2.69. The van der Waals surface area contributed by atoms with Crippen molar-refractivity contribution in [2.24, 2.45) is 7.05 Å². The number of hydrogen-bond acceptors (Lipinski definition) is 7. The number of aromatic nitrogens is 7. The van der Waals surface area contributed by atoms with Gasteiger partial charge in [0.05, 0.1) is 29.5 Å². The van der Waals surface area contributed by atoms with E-state index >= 15 is 0 Å². The lowest BCUT2D eigenvalue weighted by Gasteiger charge is -2.08. The third-order valence-corrected chi connectivity index (χ3v) is 5.49. The Morgan fingerprint density at radius 2 is 2.00 bits per heavy atom. The fourth-order valence-electron chi connectivity index (χ4n) is 3.15. The van der Waals surface area contributed by atoms with Crippen molar-refractivity contribution in [2.75, 3.05) is 0 Å². The zero-order chi connectivity index (χ0) is 19.1. The molecular weight excluding hydrogens is 378 g/mol. The van der Waals surface area contributed by atoms with Crippen LogP contribution < -0.4 is 5.56 Å². The molecule has 0 bridgehead atoms. The highest BCUT2D eigenvalue weighted by Crippen LogP contribution is 2.22. The highest BCUT2D eigenvalue weighted by atomic mass is 32.2. The first-order valence-corrected chi connectivity index (χ1v) is 9.55. The van der Waals surface area contributed by atoms with Gasteiger partial charge in [-0.2, -0.15) is 0 Å². The second-order valence-corrected chi connectivity index (χ2v) is 7.18. The van der Waals surface area contributed by atoms with E-state index < -0.39 is 0 Å². The Balaban J connectivity index is 1.51. The first-order chi connectivity index (χ1) is 13.7. The van der Waals surface area contributed by atoms with Crippen LogP contribution in [0.25, 0.3) is 16.7 Å². The molecule has 0 spiro atoms. The third-order valence-electron chi connectivity index (χ3n) is 4.51. The van der Waals surface area contributed by atoms with Crippen molar-refractivity contribution in [3.8, 4) is 0 Å². The number of benzene rings is 1. The summed E-state index contributed by atoms with van der Waals surface area (Å²) < 4.78 is 10.7. The largest absolute Gasteiger partial charge is 0.467 e. The maximum Gasteiger partial charge on any atom is 0.262 e. The Bertz CT molecular complexity index is 1330. The second kappa shape index (κ2) is 6.64. The molecule has 9 nitrogen and oxygen atoms in total. The summed E-state index contributed by atoms with van der Waals surface area (Å²) >= 11 is 1.50. The molecule has 0 saturated carbocycles. The highest BCUT2D eigenvalue weighted by molar-refractivity contribution is 7.98. The van der Waals surface area contributed by atoms with Gasteiger partial charge in [0, 0.05) is 7.05 Å². The quantitative estimate of drug-likeness (QED) is 0.422. The number of aryl methyl sites for hydroxylation is 1. The fourth-order valence-corrected chi connectivity index (χ4v) is 3.98. The summed E-state index contributed by atoms with van der Waals surface area (Å²) in [4.78, 5) is 12.5. The maximum atomic E-state index is 12.5. The lowest BCUT2D eigenvalue weighted by Crippen LogP contribution is -2.20. The predicted molar refractivity (Wildman–Crippen MR) is 103 cm³/mol. The molecule has 5 rings (SSSR count). The number of para-hydroxylation sites is 1. The van der Waals surface area contributed by atoms with Gasteiger partial charge in [0.2, 0.25) is 5.78 Å². The van der Waals surface area contributed by atoms with Crippen LogP contribution in [-0.4, -0.2) is 33.9 Å². The minimum Gasteiger partial charge on any atom is -0.467 e. The van der Waals surface area contributed by atoms with Crippen molar-refractivity contribution in [1.82, 2.24) is 33.9 Å². The molecular formula is C18H15N7O2S. The van der Waals surface area contributed by atoms with Gasteiger partial charge in [0.1, 0.15) is 17.9 Å². The Morgan fingerprint density at radius 1 is 1.11 bits per heavy atom. The average molecular weight is 393 g/mol. The zero-order valence-corrected chi connectivity index (χ0v) is 15.7. The van der Waals surface area contributed by atoms with Crippen molar-refractivity contribution in [3.63, 3.8) is 0 Å². The summed E-state index contributed by atoms with van der Waals surface area (Å²) in [7, 11) is 1.70. The highest BCUT2D eigenvalue weighted by Gasteiger charge is 2.16. The molecule has 0 saturated heterocycles. The molecule has 0 fully saturated rings. The first-order valence-electron chi connectivity index (χ1n) is 8.57. The average Bonchev–Trinajstić information content (AvgIpc) is 3.46. The normalized spacial score (nSPS) is 11.6. The van der Waals surface area contributed by atoms with E-state index in [4.69, 9.17) is 4.42 Å². The van der Waals surface area contributed by atoms with Crippen LogP contribution in [-0.2, 0) is 19.3 Å². The van der Waals surface area contributed by atoms with Crippen LogP contribution in [0.1, 0.15) is 11.6 Å². The summed E-state index contributed by atoms with van der Waals surface area (Å²) in [5.74, 6) is 2.60. The van der Waals surface area contributed by atoms with Gasteiger partial charge in [0.25, 0.3) is 5.56 Å². The topological polar surface area (TPSA) is 96.0 Å². The van der Waals surface area contributed by atoms with Crippen LogP contribution in [0.3, 0.4) is 0 Å². The van der Waals surface area contributed by atoms with Crippen LogP contribution >= 0.6 is 11.8 Å². The Morgan fingerprint density at radius 3 is 2.86 bits per heavy atom. The Kier molecular flexibility index (Phi) is 3.97. The van der Waals surface area contributed by atoms with E-state index in [1.165, 1.54) is 16.3 Å². The minimum atomic E-state index is -0.0899. The lowest BCUT2D eigenvalue weighted by molar-refractivity contribution is 0.484. The number of rotatable bonds is 5. The molecule has 4 aromatic heterocycles. The van der Waals surface area contributed by atoms with E-state index in [1.54, 1.807) is 19.6 Å². The second-order valence-electron chi connectivity index (χ2n) is 6.24. The molecule has 28 heavy (non-hydrogen) atoms. The van der Waals surface area contributed by atoms with Gasteiger partial charge in [-0.1, -0.05) is 23.9 Å². The van der Waals surface area contributed by atoms with Crippen molar-refractivity contribution in [1.29, 1.82) is 0 Å². The van der Waals surface area contributed by atoms with Gasteiger partial charge in [0.15, 0.2) is 5.16 Å². The van der Waals surface area contributed by atoms with Crippen LogP contribution in [0.2, 0.25) is 0 Å². The summed E-state index contributed by atoms with van der Waals surface area (Å²) in [6, 6.07) is 11.2. The Labute approximate surface area is 162 Å². The fraction of sp³-hybridized carbons (Fsp3) is 0.167. The van der Waals surface area contributed by atoms with Crippen LogP contribution in [0.4, 0.5) is 0 Å². The molecule has 0 amide bonds. The molecule has 0 aliphatic heterocycles. The predicted octanol–water partition coefficient (Wildman–Crippen LogP) is 2.11. The van der Waals surface area contributed by atoms with Gasteiger partial charge < -0.3 is 8.98 Å². The van der Waals surface area contributed by atoms with Crippen LogP contribution in [0.15, 0.2) is 63.4 Å². The van der Waals surface area contributed by atoms with Crippen LogP contribution in [0, 0.1) is 0 Å². The number of furan rings is 1. The van der Waals surface area contributed by atoms with Crippen molar-refractivity contribution < 1.29 is 4.42 Å². The SMILES string of the molecule is Cn1c(=O)c2ccccc2n2c(CSc3nncn3Cc3ccco3)nnc12. The van der Waals surface area contributed by atoms with Crippen LogP contribution in [0.5, 0.6) is 0 Å².